The van der Waals surface area contributed by atoms with Crippen molar-refractivity contribution in [3.8, 4) is 0 Å². The molecule has 0 N–H and O–H groups in total. The normalized spacial score (nSPS) is 34.0. The van der Waals surface area contributed by atoms with Gasteiger partial charge in [0, 0.05) is 6.42 Å². The quantitative estimate of drug-likeness (QED) is 0.805. The van der Waals surface area contributed by atoms with Gasteiger partial charge in [0.25, 0.3) is 0 Å². The molecular formula is C15H15NO2. The van der Waals surface area contributed by atoms with Crippen LogP contribution in [-0.2, 0) is 4.84 Å². The summed E-state index contributed by atoms with van der Waals surface area (Å²) in [5, 5.41) is 2.12. The van der Waals surface area contributed by atoms with Gasteiger partial charge in [-0.25, -0.2) is 0 Å². The van der Waals surface area contributed by atoms with Crippen molar-refractivity contribution in [2.24, 2.45) is 0 Å². The van der Waals surface area contributed by atoms with E-state index in [0.717, 1.165) is 18.6 Å². The summed E-state index contributed by atoms with van der Waals surface area (Å²) in [6.45, 7) is 0. The van der Waals surface area contributed by atoms with Gasteiger partial charge in [0.2, 0.25) is 0 Å². The highest BCUT2D eigenvalue weighted by Crippen LogP contribution is 2.49. The maximum Gasteiger partial charge on any atom is 0.123 e. The van der Waals surface area contributed by atoms with Crippen LogP contribution in [0.2, 0.25) is 0 Å². The summed E-state index contributed by atoms with van der Waals surface area (Å²) < 4.78 is 5.53. The van der Waals surface area contributed by atoms with Crippen LogP contribution in [0.3, 0.4) is 0 Å². The van der Waals surface area contributed by atoms with E-state index in [4.69, 9.17) is 9.25 Å². The van der Waals surface area contributed by atoms with Crippen LogP contribution in [0.25, 0.3) is 0 Å². The molecule has 2 bridgehead atoms. The Kier molecular flexibility index (Phi) is 2.28. The predicted octanol–water partition coefficient (Wildman–Crippen LogP) is 3.47. The molecule has 0 saturated carbocycles. The molecular weight excluding hydrogens is 226 g/mol. The van der Waals surface area contributed by atoms with E-state index in [9.17, 15) is 0 Å². The Balaban J connectivity index is 1.65. The average molecular weight is 241 g/mol. The van der Waals surface area contributed by atoms with E-state index in [2.05, 4.69) is 35.4 Å². The van der Waals surface area contributed by atoms with E-state index < -0.39 is 0 Å². The van der Waals surface area contributed by atoms with Crippen LogP contribution in [0, 0.1) is 0 Å². The number of hydrogen-bond acceptors (Lipinski definition) is 3. The molecule has 4 atom stereocenters. The first-order valence-corrected chi connectivity index (χ1v) is 6.45. The number of hydroxylamine groups is 2. The van der Waals surface area contributed by atoms with Crippen LogP contribution in [0.1, 0.15) is 36.2 Å². The Hall–Kier alpha value is -1.58. The van der Waals surface area contributed by atoms with Crippen LogP contribution in [0.5, 0.6) is 0 Å². The Labute approximate surface area is 106 Å². The maximum absolute atomic E-state index is 5.95. The molecule has 3 heteroatoms. The maximum atomic E-state index is 5.95. The van der Waals surface area contributed by atoms with Crippen molar-refractivity contribution in [1.82, 2.24) is 5.06 Å². The third-order valence-electron chi connectivity index (χ3n) is 3.91. The lowest BCUT2D eigenvalue weighted by atomic mass is 9.92. The average Bonchev–Trinajstić information content (AvgIpc) is 3.15. The minimum atomic E-state index is 0.268. The van der Waals surface area contributed by atoms with Crippen LogP contribution in [0.4, 0.5) is 0 Å². The van der Waals surface area contributed by atoms with E-state index in [-0.39, 0.29) is 6.04 Å². The van der Waals surface area contributed by atoms with Crippen molar-refractivity contribution in [2.45, 2.75) is 31.0 Å². The summed E-state index contributed by atoms with van der Waals surface area (Å²) in [7, 11) is 0. The molecule has 1 aromatic heterocycles. The molecule has 0 aliphatic carbocycles. The molecule has 3 heterocycles. The van der Waals surface area contributed by atoms with Crippen LogP contribution < -0.4 is 0 Å². The molecule has 2 aromatic rings. The second-order valence-corrected chi connectivity index (χ2v) is 5.02. The summed E-state index contributed by atoms with van der Waals surface area (Å²) in [6.07, 6.45) is 4.20. The third kappa shape index (κ3) is 1.51. The number of rotatable bonds is 2. The zero-order valence-electron chi connectivity index (χ0n) is 10.0. The molecule has 2 fully saturated rings. The molecule has 1 unspecified atom stereocenters. The summed E-state index contributed by atoms with van der Waals surface area (Å²) in [6, 6.07) is 15.2. The van der Waals surface area contributed by atoms with E-state index >= 15 is 0 Å². The van der Waals surface area contributed by atoms with Gasteiger partial charge in [0.1, 0.15) is 5.76 Å². The fourth-order valence-electron chi connectivity index (χ4n) is 3.11. The van der Waals surface area contributed by atoms with E-state index in [1.54, 1.807) is 6.26 Å². The smallest absolute Gasteiger partial charge is 0.123 e. The highest BCUT2D eigenvalue weighted by Gasteiger charge is 2.47. The summed E-state index contributed by atoms with van der Waals surface area (Å²) in [4.78, 5) is 5.95. The first-order valence-electron chi connectivity index (χ1n) is 6.45. The summed E-state index contributed by atoms with van der Waals surface area (Å²) in [5.41, 5.74) is 1.33. The highest BCUT2D eigenvalue weighted by molar-refractivity contribution is 5.22. The minimum absolute atomic E-state index is 0.268. The lowest BCUT2D eigenvalue weighted by molar-refractivity contribution is -0.139. The number of piperidine rings is 1. The van der Waals surface area contributed by atoms with E-state index in [1.165, 1.54) is 5.56 Å². The van der Waals surface area contributed by atoms with Gasteiger partial charge in [-0.2, -0.15) is 5.06 Å². The van der Waals surface area contributed by atoms with Crippen molar-refractivity contribution in [1.29, 1.82) is 0 Å². The molecule has 18 heavy (non-hydrogen) atoms. The molecule has 2 aliphatic rings. The van der Waals surface area contributed by atoms with Gasteiger partial charge < -0.3 is 4.42 Å². The summed E-state index contributed by atoms with van der Waals surface area (Å²) in [5.74, 6) is 1.01. The van der Waals surface area contributed by atoms with Crippen LogP contribution >= 0.6 is 0 Å². The Morgan fingerprint density at radius 2 is 1.78 bits per heavy atom. The SMILES string of the molecule is c1ccc([C@@H]2C[C@@H]3C[C@@H](c4ccco4)N2O3)cc1. The second-order valence-electron chi connectivity index (χ2n) is 5.02. The van der Waals surface area contributed by atoms with Gasteiger partial charge in [0.15, 0.2) is 0 Å². The van der Waals surface area contributed by atoms with Crippen LogP contribution in [0.15, 0.2) is 53.1 Å². The van der Waals surface area contributed by atoms with Crippen molar-refractivity contribution < 1.29 is 9.25 Å². The molecule has 2 saturated heterocycles. The zero-order valence-corrected chi connectivity index (χ0v) is 10.0. The van der Waals surface area contributed by atoms with Crippen molar-refractivity contribution in [3.63, 3.8) is 0 Å². The Morgan fingerprint density at radius 1 is 0.944 bits per heavy atom. The molecule has 0 amide bonds. The fourth-order valence-corrected chi connectivity index (χ4v) is 3.11. The Bertz CT molecular complexity index is 523. The molecule has 0 spiro atoms. The first-order chi connectivity index (χ1) is 8.92. The molecule has 92 valence electrons. The van der Waals surface area contributed by atoms with Crippen molar-refractivity contribution in [3.05, 3.63) is 60.1 Å². The third-order valence-corrected chi connectivity index (χ3v) is 3.91. The molecule has 3 nitrogen and oxygen atoms in total. The standard InChI is InChI=1S/C15H15NO2/c1-2-5-11(6-3-1)13-9-12-10-14(16(13)18-12)15-7-4-8-17-15/h1-8,12-14H,9-10H2/t12-,13+,14+/m1/s1. The van der Waals surface area contributed by atoms with E-state index in [1.807, 2.05) is 12.1 Å². The highest BCUT2D eigenvalue weighted by atomic mass is 16.7. The van der Waals surface area contributed by atoms with Gasteiger partial charge in [-0.05, 0) is 24.1 Å². The Morgan fingerprint density at radius 3 is 2.50 bits per heavy atom. The second kappa shape index (κ2) is 3.97. The van der Waals surface area contributed by atoms with Crippen molar-refractivity contribution in [2.75, 3.05) is 0 Å². The number of benzene rings is 1. The van der Waals surface area contributed by atoms with Crippen molar-refractivity contribution >= 4 is 0 Å². The minimum Gasteiger partial charge on any atom is -0.468 e. The zero-order chi connectivity index (χ0) is 11.9. The van der Waals surface area contributed by atoms with Gasteiger partial charge in [-0.15, -0.1) is 0 Å². The topological polar surface area (TPSA) is 25.6 Å². The monoisotopic (exact) mass is 241 g/mol. The lowest BCUT2D eigenvalue weighted by Gasteiger charge is -2.28. The molecule has 1 aromatic carbocycles. The summed E-state index contributed by atoms with van der Waals surface area (Å²) >= 11 is 0. The van der Waals surface area contributed by atoms with Gasteiger partial charge in [0.05, 0.1) is 24.5 Å². The van der Waals surface area contributed by atoms with E-state index in [0.29, 0.717) is 12.1 Å². The van der Waals surface area contributed by atoms with Gasteiger partial charge in [-0.3, -0.25) is 4.84 Å². The molecule has 0 radical (unpaired) electrons. The fraction of sp³-hybridized carbons (Fsp3) is 0.333. The number of furan rings is 1. The van der Waals surface area contributed by atoms with Gasteiger partial charge >= 0.3 is 0 Å². The molecule has 2 aliphatic heterocycles. The van der Waals surface area contributed by atoms with Gasteiger partial charge in [-0.1, -0.05) is 30.3 Å². The predicted molar refractivity (Wildman–Crippen MR) is 66.6 cm³/mol. The first kappa shape index (κ1) is 10.4. The number of hydrogen-bond donors (Lipinski definition) is 0. The number of fused-ring (bicyclic) bond motifs is 2. The molecule has 4 rings (SSSR count). The largest absolute Gasteiger partial charge is 0.468 e. The lowest BCUT2D eigenvalue weighted by Crippen LogP contribution is -2.25. The van der Waals surface area contributed by atoms with Crippen LogP contribution in [-0.4, -0.2) is 11.2 Å². The number of nitrogens with zero attached hydrogens (tertiary/aromatic N) is 1.